The van der Waals surface area contributed by atoms with Gasteiger partial charge in [0.15, 0.2) is 5.78 Å². The zero-order chi connectivity index (χ0) is 20.5. The first-order chi connectivity index (χ1) is 14.0. The summed E-state index contributed by atoms with van der Waals surface area (Å²) in [4.78, 5) is 25.8. The lowest BCUT2D eigenvalue weighted by atomic mass is 9.73. The van der Waals surface area contributed by atoms with Crippen LogP contribution < -0.4 is 5.73 Å². The Morgan fingerprint density at radius 2 is 1.83 bits per heavy atom. The summed E-state index contributed by atoms with van der Waals surface area (Å²) >= 11 is 6.18. The molecule has 0 saturated heterocycles. The zero-order valence-electron chi connectivity index (χ0n) is 15.9. The topological polar surface area (TPSA) is 78.6 Å². The molecule has 0 spiro atoms. The van der Waals surface area contributed by atoms with E-state index in [0.29, 0.717) is 34.8 Å². The van der Waals surface area contributed by atoms with Gasteiger partial charge in [-0.3, -0.25) is 4.79 Å². The first-order valence-corrected chi connectivity index (χ1v) is 9.69. The van der Waals surface area contributed by atoms with Crippen molar-refractivity contribution in [1.82, 2.24) is 0 Å². The van der Waals surface area contributed by atoms with Gasteiger partial charge in [0.05, 0.1) is 13.0 Å². The number of benzene rings is 2. The number of ketones is 1. The molecule has 1 aliphatic heterocycles. The van der Waals surface area contributed by atoms with Gasteiger partial charge in [-0.1, -0.05) is 54.1 Å². The summed E-state index contributed by atoms with van der Waals surface area (Å²) < 4.78 is 10.7. The van der Waals surface area contributed by atoms with Crippen molar-refractivity contribution in [2.24, 2.45) is 5.73 Å². The Kier molecular flexibility index (Phi) is 5.16. The fourth-order valence-corrected chi connectivity index (χ4v) is 4.30. The molecule has 0 saturated carbocycles. The fourth-order valence-electron chi connectivity index (χ4n) is 4.10. The summed E-state index contributed by atoms with van der Waals surface area (Å²) in [5.41, 5.74) is 8.48. The SMILES string of the molecule is COC(=O)C1=C(N)OC2=C(C(=O)C[C@@H](c3ccccc3)C2)[C@@H]1c1cccc(Cl)c1. The van der Waals surface area contributed by atoms with Crippen molar-refractivity contribution < 1.29 is 19.1 Å². The van der Waals surface area contributed by atoms with Gasteiger partial charge >= 0.3 is 5.97 Å². The van der Waals surface area contributed by atoms with Crippen LogP contribution in [-0.4, -0.2) is 18.9 Å². The lowest BCUT2D eigenvalue weighted by Gasteiger charge is -2.35. The van der Waals surface area contributed by atoms with Crippen molar-refractivity contribution in [1.29, 1.82) is 0 Å². The number of allylic oxidation sites excluding steroid dienone is 2. The van der Waals surface area contributed by atoms with Crippen molar-refractivity contribution in [2.75, 3.05) is 7.11 Å². The van der Waals surface area contributed by atoms with E-state index in [2.05, 4.69) is 0 Å². The van der Waals surface area contributed by atoms with Crippen LogP contribution in [0.3, 0.4) is 0 Å². The zero-order valence-corrected chi connectivity index (χ0v) is 16.6. The minimum absolute atomic E-state index is 0.00469. The molecule has 2 aromatic carbocycles. The summed E-state index contributed by atoms with van der Waals surface area (Å²) in [6.45, 7) is 0. The number of carbonyl (C=O) groups excluding carboxylic acids is 2. The molecular formula is C23H20ClNO4. The van der Waals surface area contributed by atoms with Crippen molar-refractivity contribution in [3.8, 4) is 0 Å². The van der Waals surface area contributed by atoms with Crippen LogP contribution in [0.25, 0.3) is 0 Å². The summed E-state index contributed by atoms with van der Waals surface area (Å²) in [5.74, 6) is -0.910. The Balaban J connectivity index is 1.82. The summed E-state index contributed by atoms with van der Waals surface area (Å²) in [7, 11) is 1.27. The predicted molar refractivity (Wildman–Crippen MR) is 109 cm³/mol. The smallest absolute Gasteiger partial charge is 0.340 e. The number of rotatable bonds is 3. The molecule has 0 aromatic heterocycles. The highest BCUT2D eigenvalue weighted by Gasteiger charge is 2.43. The van der Waals surface area contributed by atoms with Gasteiger partial charge in [-0.15, -0.1) is 0 Å². The average Bonchev–Trinajstić information content (AvgIpc) is 2.72. The molecule has 0 fully saturated rings. The maximum atomic E-state index is 13.3. The Hall–Kier alpha value is -3.05. The van der Waals surface area contributed by atoms with Crippen LogP contribution in [0.4, 0.5) is 0 Å². The van der Waals surface area contributed by atoms with Crippen molar-refractivity contribution in [3.05, 3.63) is 93.5 Å². The van der Waals surface area contributed by atoms with Gasteiger partial charge in [-0.05, 0) is 29.2 Å². The monoisotopic (exact) mass is 409 g/mol. The number of hydrogen-bond acceptors (Lipinski definition) is 5. The number of carbonyl (C=O) groups is 2. The highest BCUT2D eigenvalue weighted by molar-refractivity contribution is 6.30. The largest absolute Gasteiger partial charge is 0.465 e. The van der Waals surface area contributed by atoms with E-state index in [1.54, 1.807) is 18.2 Å². The third-order valence-corrected chi connectivity index (χ3v) is 5.63. The second-order valence-corrected chi connectivity index (χ2v) is 7.57. The van der Waals surface area contributed by atoms with Gasteiger partial charge in [0.25, 0.3) is 0 Å². The Morgan fingerprint density at radius 1 is 1.10 bits per heavy atom. The fraction of sp³-hybridized carbons (Fsp3) is 0.217. The van der Waals surface area contributed by atoms with Crippen LogP contribution in [0, 0.1) is 0 Å². The molecule has 29 heavy (non-hydrogen) atoms. The summed E-state index contributed by atoms with van der Waals surface area (Å²) in [5, 5.41) is 0.504. The minimum atomic E-state index is -0.672. The van der Waals surface area contributed by atoms with Crippen molar-refractivity contribution >= 4 is 23.4 Å². The molecule has 2 N–H and O–H groups in total. The van der Waals surface area contributed by atoms with E-state index in [4.69, 9.17) is 26.8 Å². The molecule has 4 rings (SSSR count). The molecule has 6 heteroatoms. The standard InChI is InChI=1S/C23H20ClNO4/c1-28-23(27)21-19(14-8-5-9-16(24)10-14)20-17(26)11-15(12-18(20)29-22(21)25)13-6-3-2-4-7-13/h2-10,15,19H,11-12,25H2,1H3/t15-,19+/m1/s1. The highest BCUT2D eigenvalue weighted by Crippen LogP contribution is 2.47. The van der Waals surface area contributed by atoms with Gasteiger partial charge < -0.3 is 15.2 Å². The van der Waals surface area contributed by atoms with E-state index in [1.807, 2.05) is 36.4 Å². The minimum Gasteiger partial charge on any atom is -0.465 e. The van der Waals surface area contributed by atoms with Crippen LogP contribution in [0.2, 0.25) is 5.02 Å². The third-order valence-electron chi connectivity index (χ3n) is 5.40. The van der Waals surface area contributed by atoms with Gasteiger partial charge in [-0.2, -0.15) is 0 Å². The van der Waals surface area contributed by atoms with Crippen LogP contribution in [0.5, 0.6) is 0 Å². The number of Topliss-reactive ketones (excluding diaryl/α,β-unsaturated/α-hetero) is 1. The molecular weight excluding hydrogens is 390 g/mol. The summed E-state index contributed by atoms with van der Waals surface area (Å²) in [6.07, 6.45) is 0.856. The lowest BCUT2D eigenvalue weighted by Crippen LogP contribution is -2.32. The Labute approximate surface area is 173 Å². The Bertz CT molecular complexity index is 1040. The average molecular weight is 410 g/mol. The van der Waals surface area contributed by atoms with Gasteiger partial charge in [0, 0.05) is 23.4 Å². The molecule has 1 heterocycles. The first-order valence-electron chi connectivity index (χ1n) is 9.32. The van der Waals surface area contributed by atoms with E-state index >= 15 is 0 Å². The molecule has 2 aliphatic rings. The van der Waals surface area contributed by atoms with Gasteiger partial charge in [0.2, 0.25) is 5.88 Å². The van der Waals surface area contributed by atoms with E-state index in [9.17, 15) is 9.59 Å². The number of esters is 1. The Morgan fingerprint density at radius 3 is 2.52 bits per heavy atom. The number of hydrogen-bond donors (Lipinski definition) is 1. The molecule has 2 atom stereocenters. The quantitative estimate of drug-likeness (QED) is 0.768. The van der Waals surface area contributed by atoms with E-state index < -0.39 is 11.9 Å². The second kappa shape index (κ2) is 7.76. The van der Waals surface area contributed by atoms with Crippen LogP contribution in [0.1, 0.15) is 35.8 Å². The number of methoxy groups -OCH3 is 1. The van der Waals surface area contributed by atoms with Gasteiger partial charge in [-0.25, -0.2) is 4.79 Å². The molecule has 2 aromatic rings. The molecule has 0 bridgehead atoms. The molecule has 0 radical (unpaired) electrons. The lowest BCUT2D eigenvalue weighted by molar-refractivity contribution is -0.136. The number of halogens is 1. The van der Waals surface area contributed by atoms with E-state index in [1.165, 1.54) is 7.11 Å². The van der Waals surface area contributed by atoms with Gasteiger partial charge in [0.1, 0.15) is 11.3 Å². The highest BCUT2D eigenvalue weighted by atomic mass is 35.5. The number of ether oxygens (including phenoxy) is 2. The molecule has 148 valence electrons. The maximum absolute atomic E-state index is 13.3. The van der Waals surface area contributed by atoms with Crippen LogP contribution >= 0.6 is 11.6 Å². The summed E-state index contributed by atoms with van der Waals surface area (Å²) in [6, 6.07) is 16.9. The van der Waals surface area contributed by atoms with Crippen molar-refractivity contribution in [2.45, 2.75) is 24.7 Å². The van der Waals surface area contributed by atoms with Crippen LogP contribution in [-0.2, 0) is 19.1 Å². The van der Waals surface area contributed by atoms with E-state index in [-0.39, 0.29) is 23.2 Å². The van der Waals surface area contributed by atoms with Crippen molar-refractivity contribution in [3.63, 3.8) is 0 Å². The predicted octanol–water partition coefficient (Wildman–Crippen LogP) is 4.20. The van der Waals surface area contributed by atoms with Crippen LogP contribution in [0.15, 0.2) is 77.4 Å². The first kappa shape index (κ1) is 19.3. The maximum Gasteiger partial charge on any atom is 0.340 e. The molecule has 0 amide bonds. The third kappa shape index (κ3) is 3.54. The second-order valence-electron chi connectivity index (χ2n) is 7.14. The molecule has 0 unspecified atom stereocenters. The molecule has 1 aliphatic carbocycles. The normalized spacial score (nSPS) is 21.5. The number of nitrogens with two attached hydrogens (primary N) is 1. The molecule has 5 nitrogen and oxygen atoms in total. The van der Waals surface area contributed by atoms with E-state index in [0.717, 1.165) is 5.56 Å².